The molecule has 0 saturated carbocycles. The number of rotatable bonds is 3. The average molecular weight is 419 g/mol. The summed E-state index contributed by atoms with van der Waals surface area (Å²) in [6.07, 6.45) is 0. The number of ether oxygens (including phenoxy) is 1. The Labute approximate surface area is 141 Å². The molecule has 0 aliphatic rings. The number of aryl methyl sites for hydroxylation is 2. The molecular formula is C16H15Br2ClO. The summed E-state index contributed by atoms with van der Waals surface area (Å²) in [6.45, 7) is 4.07. The minimum absolute atomic E-state index is 0.188. The summed E-state index contributed by atoms with van der Waals surface area (Å²) in [5.74, 6) is 0.924. The van der Waals surface area contributed by atoms with Gasteiger partial charge in [-0.3, -0.25) is 0 Å². The Morgan fingerprint density at radius 1 is 0.900 bits per heavy atom. The van der Waals surface area contributed by atoms with Crippen molar-refractivity contribution in [3.05, 3.63) is 61.5 Å². The van der Waals surface area contributed by atoms with Crippen LogP contribution in [0.2, 0.25) is 0 Å². The second-order valence-electron chi connectivity index (χ2n) is 4.75. The maximum Gasteiger partial charge on any atom is 0.124 e. The maximum atomic E-state index is 6.63. The third-order valence-corrected chi connectivity index (χ3v) is 4.58. The van der Waals surface area contributed by atoms with Gasteiger partial charge in [-0.05, 0) is 54.3 Å². The second kappa shape index (κ2) is 6.50. The fourth-order valence-electron chi connectivity index (χ4n) is 2.37. The third kappa shape index (κ3) is 3.38. The Hall–Kier alpha value is -0.510. The summed E-state index contributed by atoms with van der Waals surface area (Å²) in [5, 5.41) is -0.188. The molecule has 0 fully saturated rings. The number of benzene rings is 2. The van der Waals surface area contributed by atoms with Gasteiger partial charge in [0.1, 0.15) is 5.75 Å². The Morgan fingerprint density at radius 3 is 1.80 bits per heavy atom. The first-order valence-corrected chi connectivity index (χ1v) is 8.20. The van der Waals surface area contributed by atoms with Crippen molar-refractivity contribution in [2.24, 2.45) is 0 Å². The van der Waals surface area contributed by atoms with E-state index < -0.39 is 0 Å². The van der Waals surface area contributed by atoms with Crippen LogP contribution in [-0.2, 0) is 0 Å². The van der Waals surface area contributed by atoms with Gasteiger partial charge in [0, 0.05) is 8.95 Å². The number of hydrogen-bond acceptors (Lipinski definition) is 1. The average Bonchev–Trinajstić information content (AvgIpc) is 2.36. The molecule has 0 spiro atoms. The van der Waals surface area contributed by atoms with Gasteiger partial charge in [0.2, 0.25) is 0 Å². The number of halogens is 3. The molecule has 1 atom stereocenters. The molecule has 0 amide bonds. The SMILES string of the molecule is COc1c(C)cc(C(Cl)c2cc(Br)cc(Br)c2)cc1C. The second-order valence-corrected chi connectivity index (χ2v) is 7.02. The smallest absolute Gasteiger partial charge is 0.124 e. The van der Waals surface area contributed by atoms with E-state index >= 15 is 0 Å². The van der Waals surface area contributed by atoms with Crippen molar-refractivity contribution in [1.29, 1.82) is 0 Å². The highest BCUT2D eigenvalue weighted by Crippen LogP contribution is 2.35. The molecule has 0 saturated heterocycles. The number of methoxy groups -OCH3 is 1. The van der Waals surface area contributed by atoms with Crippen LogP contribution < -0.4 is 4.74 Å². The van der Waals surface area contributed by atoms with Crippen molar-refractivity contribution in [1.82, 2.24) is 0 Å². The van der Waals surface area contributed by atoms with Crippen molar-refractivity contribution in [2.75, 3.05) is 7.11 Å². The lowest BCUT2D eigenvalue weighted by Crippen LogP contribution is -1.98. The minimum Gasteiger partial charge on any atom is -0.496 e. The fourth-order valence-corrected chi connectivity index (χ4v) is 3.95. The van der Waals surface area contributed by atoms with Gasteiger partial charge in [0.25, 0.3) is 0 Å². The normalized spacial score (nSPS) is 12.3. The third-order valence-electron chi connectivity index (χ3n) is 3.16. The molecule has 0 heterocycles. The monoisotopic (exact) mass is 416 g/mol. The molecule has 106 valence electrons. The molecule has 0 N–H and O–H groups in total. The number of alkyl halides is 1. The zero-order chi connectivity index (χ0) is 14.9. The molecule has 0 bridgehead atoms. The van der Waals surface area contributed by atoms with Crippen LogP contribution in [0.3, 0.4) is 0 Å². The van der Waals surface area contributed by atoms with Gasteiger partial charge in [-0.15, -0.1) is 11.6 Å². The predicted octanol–water partition coefficient (Wildman–Crippen LogP) is 6.17. The molecule has 2 rings (SSSR count). The summed E-state index contributed by atoms with van der Waals surface area (Å²) in [6, 6.07) is 10.2. The first-order valence-electron chi connectivity index (χ1n) is 6.17. The topological polar surface area (TPSA) is 9.23 Å². The highest BCUT2D eigenvalue weighted by atomic mass is 79.9. The largest absolute Gasteiger partial charge is 0.496 e. The molecular weight excluding hydrogens is 403 g/mol. The first-order chi connectivity index (χ1) is 9.42. The zero-order valence-electron chi connectivity index (χ0n) is 11.5. The van der Waals surface area contributed by atoms with Crippen LogP contribution in [0.5, 0.6) is 5.75 Å². The molecule has 2 aromatic carbocycles. The van der Waals surface area contributed by atoms with E-state index in [0.717, 1.165) is 36.9 Å². The lowest BCUT2D eigenvalue weighted by Gasteiger charge is -2.16. The highest BCUT2D eigenvalue weighted by molar-refractivity contribution is 9.11. The van der Waals surface area contributed by atoms with Crippen LogP contribution >= 0.6 is 43.5 Å². The lowest BCUT2D eigenvalue weighted by atomic mass is 9.99. The Bertz CT molecular complexity index is 597. The van der Waals surface area contributed by atoms with E-state index in [1.807, 2.05) is 32.0 Å². The minimum atomic E-state index is -0.188. The molecule has 0 aliphatic heterocycles. The van der Waals surface area contributed by atoms with E-state index in [9.17, 15) is 0 Å². The van der Waals surface area contributed by atoms with E-state index in [1.54, 1.807) is 7.11 Å². The van der Waals surface area contributed by atoms with Crippen molar-refractivity contribution >= 4 is 43.5 Å². The predicted molar refractivity (Wildman–Crippen MR) is 92.0 cm³/mol. The van der Waals surface area contributed by atoms with Crippen LogP contribution in [0, 0.1) is 13.8 Å². The van der Waals surface area contributed by atoms with Crippen molar-refractivity contribution in [3.63, 3.8) is 0 Å². The van der Waals surface area contributed by atoms with Crippen LogP contribution in [0.1, 0.15) is 27.6 Å². The maximum absolute atomic E-state index is 6.63. The van der Waals surface area contributed by atoms with E-state index in [0.29, 0.717) is 0 Å². The molecule has 1 nitrogen and oxygen atoms in total. The fraction of sp³-hybridized carbons (Fsp3) is 0.250. The number of hydrogen-bond donors (Lipinski definition) is 0. The zero-order valence-corrected chi connectivity index (χ0v) is 15.4. The first kappa shape index (κ1) is 15.9. The van der Waals surface area contributed by atoms with E-state index in [4.69, 9.17) is 16.3 Å². The van der Waals surface area contributed by atoms with Crippen molar-refractivity contribution in [2.45, 2.75) is 19.2 Å². The Kier molecular flexibility index (Phi) is 5.16. The van der Waals surface area contributed by atoms with Gasteiger partial charge >= 0.3 is 0 Å². The van der Waals surface area contributed by atoms with E-state index in [1.165, 1.54) is 0 Å². The van der Waals surface area contributed by atoms with E-state index in [2.05, 4.69) is 44.0 Å². The summed E-state index contributed by atoms with van der Waals surface area (Å²) in [5.41, 5.74) is 4.33. The van der Waals surface area contributed by atoms with E-state index in [-0.39, 0.29) is 5.38 Å². The molecule has 4 heteroatoms. The van der Waals surface area contributed by atoms with Gasteiger partial charge in [-0.25, -0.2) is 0 Å². The van der Waals surface area contributed by atoms with Crippen LogP contribution in [0.25, 0.3) is 0 Å². The standard InChI is InChI=1S/C16H15Br2ClO/c1-9-4-11(5-10(2)16(9)20-3)15(19)12-6-13(17)8-14(18)7-12/h4-8,15H,1-3H3. The summed E-state index contributed by atoms with van der Waals surface area (Å²) in [7, 11) is 1.69. The molecule has 0 radical (unpaired) electrons. The van der Waals surface area contributed by atoms with Crippen LogP contribution in [0.4, 0.5) is 0 Å². The van der Waals surface area contributed by atoms with Gasteiger partial charge in [0.05, 0.1) is 12.5 Å². The van der Waals surface area contributed by atoms with Crippen molar-refractivity contribution < 1.29 is 4.74 Å². The summed E-state index contributed by atoms with van der Waals surface area (Å²) < 4.78 is 7.41. The molecule has 0 aliphatic carbocycles. The molecule has 1 unspecified atom stereocenters. The van der Waals surface area contributed by atoms with Gasteiger partial charge in [0.15, 0.2) is 0 Å². The molecule has 20 heavy (non-hydrogen) atoms. The van der Waals surface area contributed by atoms with Gasteiger partial charge < -0.3 is 4.74 Å². The Morgan fingerprint density at radius 2 is 1.35 bits per heavy atom. The summed E-state index contributed by atoms with van der Waals surface area (Å²) >= 11 is 13.6. The van der Waals surface area contributed by atoms with Gasteiger partial charge in [-0.1, -0.05) is 44.0 Å². The lowest BCUT2D eigenvalue weighted by molar-refractivity contribution is 0.408. The summed E-state index contributed by atoms with van der Waals surface area (Å²) in [4.78, 5) is 0. The van der Waals surface area contributed by atoms with Crippen LogP contribution in [0.15, 0.2) is 39.3 Å². The Balaban J connectivity index is 2.45. The van der Waals surface area contributed by atoms with Crippen LogP contribution in [-0.4, -0.2) is 7.11 Å². The molecule has 2 aromatic rings. The molecule has 0 aromatic heterocycles. The quantitative estimate of drug-likeness (QED) is 0.542. The highest BCUT2D eigenvalue weighted by Gasteiger charge is 2.15. The van der Waals surface area contributed by atoms with Gasteiger partial charge in [-0.2, -0.15) is 0 Å². The van der Waals surface area contributed by atoms with Crippen molar-refractivity contribution in [3.8, 4) is 5.75 Å².